The molecule has 0 aliphatic heterocycles. The average molecular weight is 181 g/mol. The van der Waals surface area contributed by atoms with Crippen LogP contribution in [-0.2, 0) is 0 Å². The van der Waals surface area contributed by atoms with Crippen LogP contribution in [0.15, 0.2) is 6.20 Å². The molecule has 0 aliphatic rings. The maximum atomic E-state index is 5.07. The summed E-state index contributed by atoms with van der Waals surface area (Å²) in [6.45, 7) is 4.90. The van der Waals surface area contributed by atoms with Crippen LogP contribution in [0.5, 0.6) is 5.88 Å². The SMILES string of the molecule is CCCNc1ncc(C)c(OC)n1. The third kappa shape index (κ3) is 2.57. The number of methoxy groups -OCH3 is 1. The van der Waals surface area contributed by atoms with E-state index in [1.165, 1.54) is 0 Å². The van der Waals surface area contributed by atoms with Crippen molar-refractivity contribution in [1.29, 1.82) is 0 Å². The molecule has 1 rings (SSSR count). The van der Waals surface area contributed by atoms with Gasteiger partial charge in [0.15, 0.2) is 0 Å². The van der Waals surface area contributed by atoms with Gasteiger partial charge in [-0.05, 0) is 13.3 Å². The molecule has 4 nitrogen and oxygen atoms in total. The zero-order chi connectivity index (χ0) is 9.68. The Bertz CT molecular complexity index is 276. The third-order valence-electron chi connectivity index (χ3n) is 1.65. The molecule has 1 aromatic rings. The molecule has 0 bridgehead atoms. The quantitative estimate of drug-likeness (QED) is 0.766. The second-order valence-corrected chi connectivity index (χ2v) is 2.81. The Kier molecular flexibility index (Phi) is 3.49. The van der Waals surface area contributed by atoms with E-state index < -0.39 is 0 Å². The highest BCUT2D eigenvalue weighted by atomic mass is 16.5. The maximum absolute atomic E-state index is 5.07. The van der Waals surface area contributed by atoms with Crippen LogP contribution in [0.2, 0.25) is 0 Å². The van der Waals surface area contributed by atoms with Gasteiger partial charge in [-0.25, -0.2) is 4.98 Å². The number of nitrogens with one attached hydrogen (secondary N) is 1. The fraction of sp³-hybridized carbons (Fsp3) is 0.556. The first-order valence-corrected chi connectivity index (χ1v) is 4.39. The Morgan fingerprint density at radius 3 is 2.92 bits per heavy atom. The number of nitrogens with zero attached hydrogens (tertiary/aromatic N) is 2. The molecular weight excluding hydrogens is 166 g/mol. The van der Waals surface area contributed by atoms with E-state index >= 15 is 0 Å². The van der Waals surface area contributed by atoms with Gasteiger partial charge in [0.25, 0.3) is 0 Å². The van der Waals surface area contributed by atoms with Crippen molar-refractivity contribution in [2.75, 3.05) is 19.0 Å². The molecule has 0 fully saturated rings. The van der Waals surface area contributed by atoms with Crippen LogP contribution in [-0.4, -0.2) is 23.6 Å². The average Bonchev–Trinajstić information content (AvgIpc) is 2.16. The molecule has 0 aliphatic carbocycles. The summed E-state index contributed by atoms with van der Waals surface area (Å²) in [4.78, 5) is 8.31. The van der Waals surface area contributed by atoms with Crippen molar-refractivity contribution in [3.8, 4) is 5.88 Å². The minimum atomic E-state index is 0.629. The van der Waals surface area contributed by atoms with E-state index in [1.54, 1.807) is 13.3 Å². The number of anilines is 1. The zero-order valence-electron chi connectivity index (χ0n) is 8.29. The number of hydrogen-bond acceptors (Lipinski definition) is 4. The topological polar surface area (TPSA) is 47.0 Å². The van der Waals surface area contributed by atoms with Crippen molar-refractivity contribution in [2.24, 2.45) is 0 Å². The zero-order valence-corrected chi connectivity index (χ0v) is 8.29. The van der Waals surface area contributed by atoms with E-state index in [1.807, 2.05) is 6.92 Å². The lowest BCUT2D eigenvalue weighted by Gasteiger charge is -2.06. The molecule has 4 heteroatoms. The summed E-state index contributed by atoms with van der Waals surface area (Å²) < 4.78 is 5.07. The normalized spacial score (nSPS) is 9.77. The van der Waals surface area contributed by atoms with Gasteiger partial charge >= 0.3 is 0 Å². The Balaban J connectivity index is 2.74. The van der Waals surface area contributed by atoms with Gasteiger partial charge in [0.1, 0.15) is 0 Å². The molecule has 13 heavy (non-hydrogen) atoms. The lowest BCUT2D eigenvalue weighted by molar-refractivity contribution is 0.394. The highest BCUT2D eigenvalue weighted by Crippen LogP contribution is 2.13. The summed E-state index contributed by atoms with van der Waals surface area (Å²) in [5.41, 5.74) is 0.949. The Hall–Kier alpha value is -1.32. The standard InChI is InChI=1S/C9H15N3O/c1-4-5-10-9-11-6-7(2)8(12-9)13-3/h6H,4-5H2,1-3H3,(H,10,11,12). The molecule has 1 aromatic heterocycles. The van der Waals surface area contributed by atoms with Gasteiger partial charge < -0.3 is 10.1 Å². The van der Waals surface area contributed by atoms with Gasteiger partial charge in [-0.1, -0.05) is 6.92 Å². The van der Waals surface area contributed by atoms with Crippen LogP contribution in [0.1, 0.15) is 18.9 Å². The summed E-state index contributed by atoms with van der Waals surface area (Å²) in [5.74, 6) is 1.26. The highest BCUT2D eigenvalue weighted by Gasteiger charge is 2.01. The summed E-state index contributed by atoms with van der Waals surface area (Å²) in [6, 6.07) is 0. The van der Waals surface area contributed by atoms with Crippen molar-refractivity contribution >= 4 is 5.95 Å². The van der Waals surface area contributed by atoms with Crippen LogP contribution in [0.4, 0.5) is 5.95 Å². The van der Waals surface area contributed by atoms with Gasteiger partial charge in [0, 0.05) is 18.3 Å². The molecule has 72 valence electrons. The second kappa shape index (κ2) is 4.64. The van der Waals surface area contributed by atoms with E-state index in [2.05, 4.69) is 22.2 Å². The summed E-state index contributed by atoms with van der Waals surface area (Å²) in [6.07, 6.45) is 2.81. The monoisotopic (exact) mass is 181 g/mol. The first-order valence-electron chi connectivity index (χ1n) is 4.39. The minimum Gasteiger partial charge on any atom is -0.481 e. The molecular formula is C9H15N3O. The largest absolute Gasteiger partial charge is 0.481 e. The second-order valence-electron chi connectivity index (χ2n) is 2.81. The molecule has 1 heterocycles. The Morgan fingerprint density at radius 2 is 2.31 bits per heavy atom. The molecule has 0 amide bonds. The van der Waals surface area contributed by atoms with Crippen molar-refractivity contribution in [3.05, 3.63) is 11.8 Å². The van der Waals surface area contributed by atoms with E-state index in [9.17, 15) is 0 Å². The molecule has 0 saturated carbocycles. The van der Waals surface area contributed by atoms with E-state index in [0.717, 1.165) is 18.5 Å². The maximum Gasteiger partial charge on any atom is 0.225 e. The van der Waals surface area contributed by atoms with Gasteiger partial charge in [0.2, 0.25) is 11.8 Å². The van der Waals surface area contributed by atoms with Crippen molar-refractivity contribution in [3.63, 3.8) is 0 Å². The molecule has 0 saturated heterocycles. The lowest BCUT2D eigenvalue weighted by Crippen LogP contribution is -2.05. The summed E-state index contributed by atoms with van der Waals surface area (Å²) in [7, 11) is 1.61. The van der Waals surface area contributed by atoms with Crippen LogP contribution in [0, 0.1) is 6.92 Å². The molecule has 0 unspecified atom stereocenters. The van der Waals surface area contributed by atoms with Crippen LogP contribution >= 0.6 is 0 Å². The first kappa shape index (κ1) is 9.77. The van der Waals surface area contributed by atoms with E-state index in [4.69, 9.17) is 4.74 Å². The van der Waals surface area contributed by atoms with Gasteiger partial charge in [0.05, 0.1) is 7.11 Å². The molecule has 0 atom stereocenters. The molecule has 0 radical (unpaired) electrons. The number of ether oxygens (including phenoxy) is 1. The Labute approximate surface area is 78.4 Å². The van der Waals surface area contributed by atoms with E-state index in [0.29, 0.717) is 11.8 Å². The minimum absolute atomic E-state index is 0.629. The fourth-order valence-electron chi connectivity index (χ4n) is 0.955. The van der Waals surface area contributed by atoms with Gasteiger partial charge in [-0.2, -0.15) is 4.98 Å². The van der Waals surface area contributed by atoms with Crippen LogP contribution < -0.4 is 10.1 Å². The van der Waals surface area contributed by atoms with Crippen LogP contribution in [0.3, 0.4) is 0 Å². The smallest absolute Gasteiger partial charge is 0.225 e. The predicted molar refractivity (Wildman–Crippen MR) is 52.1 cm³/mol. The summed E-state index contributed by atoms with van der Waals surface area (Å²) in [5, 5.41) is 3.09. The van der Waals surface area contributed by atoms with Crippen LogP contribution in [0.25, 0.3) is 0 Å². The number of rotatable bonds is 4. The number of aromatic nitrogens is 2. The number of aryl methyl sites for hydroxylation is 1. The summed E-state index contributed by atoms with van der Waals surface area (Å²) >= 11 is 0. The predicted octanol–water partition coefficient (Wildman–Crippen LogP) is 1.62. The van der Waals surface area contributed by atoms with Gasteiger partial charge in [-0.15, -0.1) is 0 Å². The van der Waals surface area contributed by atoms with Crippen molar-refractivity contribution in [2.45, 2.75) is 20.3 Å². The molecule has 0 spiro atoms. The Morgan fingerprint density at radius 1 is 1.54 bits per heavy atom. The van der Waals surface area contributed by atoms with Crippen molar-refractivity contribution < 1.29 is 4.74 Å². The fourth-order valence-corrected chi connectivity index (χ4v) is 0.955. The van der Waals surface area contributed by atoms with Gasteiger partial charge in [-0.3, -0.25) is 0 Å². The van der Waals surface area contributed by atoms with E-state index in [-0.39, 0.29) is 0 Å². The molecule has 1 N–H and O–H groups in total. The molecule has 0 aromatic carbocycles. The van der Waals surface area contributed by atoms with Crippen molar-refractivity contribution in [1.82, 2.24) is 9.97 Å². The highest BCUT2D eigenvalue weighted by molar-refractivity contribution is 5.32. The third-order valence-corrected chi connectivity index (χ3v) is 1.65. The number of hydrogen-bond donors (Lipinski definition) is 1. The lowest BCUT2D eigenvalue weighted by atomic mass is 10.4. The first-order chi connectivity index (χ1) is 6.27.